The van der Waals surface area contributed by atoms with Crippen molar-refractivity contribution in [2.45, 2.75) is 31.7 Å². The van der Waals surface area contributed by atoms with Crippen LogP contribution in [0.3, 0.4) is 0 Å². The third kappa shape index (κ3) is 4.03. The highest BCUT2D eigenvalue weighted by molar-refractivity contribution is 6.29. The minimum absolute atomic E-state index is 0.0771. The molecule has 9 nitrogen and oxygen atoms in total. The van der Waals surface area contributed by atoms with Crippen LogP contribution in [0.4, 0.5) is 13.6 Å². The van der Waals surface area contributed by atoms with Gasteiger partial charge in [-0.2, -0.15) is 0 Å². The van der Waals surface area contributed by atoms with Gasteiger partial charge >= 0.3 is 18.3 Å². The van der Waals surface area contributed by atoms with Crippen molar-refractivity contribution in [3.63, 3.8) is 0 Å². The molecule has 0 spiro atoms. The van der Waals surface area contributed by atoms with Crippen molar-refractivity contribution in [2.24, 2.45) is 5.92 Å². The Bertz CT molecular complexity index is 1110. The number of hydrogen-bond donors (Lipinski definition) is 2. The molecule has 0 bridgehead atoms. The maximum atomic E-state index is 13.2. The SMILES string of the molecule is C[C@@H](NC(=O)N1C(=O)[C@H](Cc2ccnc(Cl)c2)[C@H]1C(=O)O)c1ccc2c(c1)OC(F)(F)O2. The Hall–Kier alpha value is -3.47. The zero-order chi connectivity index (χ0) is 23.2. The monoisotopic (exact) mass is 467 g/mol. The quantitative estimate of drug-likeness (QED) is 0.512. The van der Waals surface area contributed by atoms with Crippen molar-refractivity contribution in [3.05, 3.63) is 52.8 Å². The van der Waals surface area contributed by atoms with Gasteiger partial charge in [0.25, 0.3) is 0 Å². The number of aliphatic carboxylic acids is 1. The molecule has 2 N–H and O–H groups in total. The highest BCUT2D eigenvalue weighted by atomic mass is 35.5. The predicted octanol–water partition coefficient (Wildman–Crippen LogP) is 2.98. The van der Waals surface area contributed by atoms with E-state index in [9.17, 15) is 28.3 Å². The number of rotatable bonds is 5. The van der Waals surface area contributed by atoms with E-state index in [1.165, 1.54) is 30.5 Å². The van der Waals surface area contributed by atoms with Gasteiger partial charge in [-0.15, -0.1) is 8.78 Å². The summed E-state index contributed by atoms with van der Waals surface area (Å²) in [6.07, 6.45) is -2.27. The van der Waals surface area contributed by atoms with Crippen molar-refractivity contribution in [2.75, 3.05) is 0 Å². The molecule has 1 aromatic carbocycles. The number of nitrogens with zero attached hydrogens (tertiary/aromatic N) is 2. The summed E-state index contributed by atoms with van der Waals surface area (Å²) >= 11 is 5.83. The molecule has 3 amide bonds. The molecule has 0 radical (unpaired) electrons. The molecule has 1 aromatic heterocycles. The number of aromatic nitrogens is 1. The maximum Gasteiger partial charge on any atom is 0.586 e. The molecule has 3 heterocycles. The Morgan fingerprint density at radius 2 is 2.00 bits per heavy atom. The molecule has 0 saturated carbocycles. The van der Waals surface area contributed by atoms with E-state index < -0.39 is 42.2 Å². The highest BCUT2D eigenvalue weighted by Crippen LogP contribution is 2.42. The third-order valence-electron chi connectivity index (χ3n) is 5.20. The Labute approximate surface area is 184 Å². The Morgan fingerprint density at radius 3 is 2.69 bits per heavy atom. The fraction of sp³-hybridized carbons (Fsp3) is 0.300. The van der Waals surface area contributed by atoms with Crippen LogP contribution in [0.25, 0.3) is 0 Å². The van der Waals surface area contributed by atoms with Gasteiger partial charge in [0.05, 0.1) is 12.0 Å². The van der Waals surface area contributed by atoms with Crippen LogP contribution in [0.15, 0.2) is 36.5 Å². The number of carboxylic acids is 1. The summed E-state index contributed by atoms with van der Waals surface area (Å²) in [6.45, 7) is 1.55. The summed E-state index contributed by atoms with van der Waals surface area (Å²) in [5.74, 6) is -3.28. The van der Waals surface area contributed by atoms with Gasteiger partial charge in [0.1, 0.15) is 5.15 Å². The number of likely N-dealkylation sites (tertiary alicyclic amines) is 1. The van der Waals surface area contributed by atoms with Gasteiger partial charge in [-0.05, 0) is 48.7 Å². The number of ether oxygens (including phenoxy) is 2. The first-order valence-electron chi connectivity index (χ1n) is 9.42. The van der Waals surface area contributed by atoms with Gasteiger partial charge in [-0.25, -0.2) is 19.5 Å². The molecule has 2 aliphatic heterocycles. The number of urea groups is 1. The van der Waals surface area contributed by atoms with Gasteiger partial charge in [-0.3, -0.25) is 4.79 Å². The second-order valence-electron chi connectivity index (χ2n) is 7.33. The molecule has 0 unspecified atom stereocenters. The number of nitrogens with one attached hydrogen (secondary N) is 1. The van der Waals surface area contributed by atoms with Crippen LogP contribution in [-0.2, 0) is 16.0 Å². The van der Waals surface area contributed by atoms with Crippen LogP contribution in [0.5, 0.6) is 11.5 Å². The van der Waals surface area contributed by atoms with E-state index in [1.807, 2.05) is 0 Å². The lowest BCUT2D eigenvalue weighted by Crippen LogP contribution is -2.68. The summed E-state index contributed by atoms with van der Waals surface area (Å²) < 4.78 is 35.1. The first kappa shape index (κ1) is 21.8. The zero-order valence-electron chi connectivity index (χ0n) is 16.4. The fourth-order valence-electron chi connectivity index (χ4n) is 3.65. The van der Waals surface area contributed by atoms with Crippen LogP contribution in [0.2, 0.25) is 5.15 Å². The Kier molecular flexibility index (Phi) is 5.37. The average molecular weight is 468 g/mol. The number of carboxylic acid groups (broad SMARTS) is 1. The largest absolute Gasteiger partial charge is 0.586 e. The Morgan fingerprint density at radius 1 is 1.28 bits per heavy atom. The van der Waals surface area contributed by atoms with Crippen LogP contribution in [0.1, 0.15) is 24.1 Å². The number of hydrogen-bond acceptors (Lipinski definition) is 6. The minimum atomic E-state index is -3.78. The van der Waals surface area contributed by atoms with Crippen molar-refractivity contribution < 1.29 is 37.7 Å². The molecule has 12 heteroatoms. The molecule has 2 aromatic rings. The van der Waals surface area contributed by atoms with E-state index in [4.69, 9.17) is 11.6 Å². The first-order chi connectivity index (χ1) is 15.1. The average Bonchev–Trinajstić information content (AvgIpc) is 3.02. The number of fused-ring (bicyclic) bond motifs is 1. The number of alkyl halides is 2. The van der Waals surface area contributed by atoms with E-state index in [-0.39, 0.29) is 23.1 Å². The van der Waals surface area contributed by atoms with E-state index >= 15 is 0 Å². The molecule has 4 rings (SSSR count). The van der Waals surface area contributed by atoms with Crippen LogP contribution >= 0.6 is 11.6 Å². The molecule has 0 aliphatic carbocycles. The normalized spacial score (nSPS) is 21.6. The van der Waals surface area contributed by atoms with Crippen molar-refractivity contribution in [1.82, 2.24) is 15.2 Å². The summed E-state index contributed by atoms with van der Waals surface area (Å²) in [6, 6.07) is 4.07. The second kappa shape index (κ2) is 7.90. The van der Waals surface area contributed by atoms with E-state index in [0.29, 0.717) is 16.0 Å². The number of benzene rings is 1. The van der Waals surface area contributed by atoms with Crippen molar-refractivity contribution >= 4 is 29.5 Å². The summed E-state index contributed by atoms with van der Waals surface area (Å²) in [7, 11) is 0. The number of amides is 3. The van der Waals surface area contributed by atoms with Gasteiger partial charge in [0, 0.05) is 6.20 Å². The maximum absolute atomic E-state index is 13.2. The molecular formula is C20H16ClF2N3O6. The molecule has 32 heavy (non-hydrogen) atoms. The zero-order valence-corrected chi connectivity index (χ0v) is 17.2. The number of imide groups is 1. The molecule has 1 fully saturated rings. The number of carbonyl (C=O) groups excluding carboxylic acids is 2. The van der Waals surface area contributed by atoms with Gasteiger partial charge in [0.15, 0.2) is 17.5 Å². The molecule has 168 valence electrons. The second-order valence-corrected chi connectivity index (χ2v) is 7.72. The minimum Gasteiger partial charge on any atom is -0.480 e. The lowest BCUT2D eigenvalue weighted by molar-refractivity contribution is -0.286. The predicted molar refractivity (Wildman–Crippen MR) is 104 cm³/mol. The topological polar surface area (TPSA) is 118 Å². The van der Waals surface area contributed by atoms with Crippen molar-refractivity contribution in [1.29, 1.82) is 0 Å². The summed E-state index contributed by atoms with van der Waals surface area (Å²) in [4.78, 5) is 41.4. The summed E-state index contributed by atoms with van der Waals surface area (Å²) in [5.41, 5.74) is 1.00. The number of pyridine rings is 1. The van der Waals surface area contributed by atoms with Crippen LogP contribution in [-0.4, -0.2) is 45.2 Å². The lowest BCUT2D eigenvalue weighted by Gasteiger charge is -2.43. The number of halogens is 3. The third-order valence-corrected chi connectivity index (χ3v) is 5.40. The number of carbonyl (C=O) groups is 3. The molecule has 3 atom stereocenters. The number of β-lactam (4-membered cyclic amide) rings is 1. The fourth-order valence-corrected chi connectivity index (χ4v) is 3.85. The van der Waals surface area contributed by atoms with Gasteiger partial charge in [0.2, 0.25) is 5.91 Å². The molecular weight excluding hydrogens is 452 g/mol. The van der Waals surface area contributed by atoms with Crippen molar-refractivity contribution in [3.8, 4) is 11.5 Å². The van der Waals surface area contributed by atoms with Crippen LogP contribution < -0.4 is 14.8 Å². The van der Waals surface area contributed by atoms with E-state index in [2.05, 4.69) is 19.8 Å². The summed E-state index contributed by atoms with van der Waals surface area (Å²) in [5, 5.41) is 12.3. The van der Waals surface area contributed by atoms with E-state index in [0.717, 1.165) is 0 Å². The smallest absolute Gasteiger partial charge is 0.480 e. The van der Waals surface area contributed by atoms with Gasteiger partial charge < -0.3 is 19.9 Å². The lowest BCUT2D eigenvalue weighted by atomic mass is 9.82. The standard InChI is InChI=1S/C20H16ClF2N3O6/c1-9(11-2-3-13-14(8-11)32-20(22,23)31-13)25-19(30)26-16(18(28)29)12(17(26)27)6-10-4-5-24-15(21)7-10/h2-5,7-9,12,16H,6H2,1H3,(H,25,30)(H,28,29)/t9-,12-,16+/m1/s1. The molecule has 2 aliphatic rings. The molecule has 1 saturated heterocycles. The first-order valence-corrected chi connectivity index (χ1v) is 9.80. The highest BCUT2D eigenvalue weighted by Gasteiger charge is 2.54. The Balaban J connectivity index is 1.45. The van der Waals surface area contributed by atoms with Crippen LogP contribution in [0, 0.1) is 5.92 Å². The van der Waals surface area contributed by atoms with E-state index in [1.54, 1.807) is 13.0 Å². The van der Waals surface area contributed by atoms with Gasteiger partial charge in [-0.1, -0.05) is 17.7 Å².